The van der Waals surface area contributed by atoms with E-state index in [1.54, 1.807) is 44.6 Å². The van der Waals surface area contributed by atoms with E-state index in [1.807, 2.05) is 12.1 Å². The molecule has 0 aliphatic heterocycles. The number of methoxy groups -OCH3 is 2. The number of ether oxygens (including phenoxy) is 2. The fraction of sp³-hybridized carbons (Fsp3) is 0.300. The first-order valence-electron chi connectivity index (χ1n) is 8.54. The largest absolute Gasteiger partial charge is 0.497 e. The van der Waals surface area contributed by atoms with E-state index < -0.39 is 0 Å². The predicted octanol–water partition coefficient (Wildman–Crippen LogP) is 2.84. The summed E-state index contributed by atoms with van der Waals surface area (Å²) in [6.45, 7) is 0.708. The van der Waals surface area contributed by atoms with Gasteiger partial charge in [-0.15, -0.1) is 0 Å². The maximum Gasteiger partial charge on any atom is 0.251 e. The molecule has 0 saturated heterocycles. The third-order valence-electron chi connectivity index (χ3n) is 3.89. The molecule has 0 aromatic heterocycles. The highest BCUT2D eigenvalue weighted by atomic mass is 35.5. The number of carbonyl (C=O) groups excluding carboxylic acids is 2. The van der Waals surface area contributed by atoms with Gasteiger partial charge >= 0.3 is 0 Å². The van der Waals surface area contributed by atoms with Crippen molar-refractivity contribution in [2.24, 2.45) is 0 Å². The van der Waals surface area contributed by atoms with Gasteiger partial charge in [0, 0.05) is 36.2 Å². The first-order chi connectivity index (χ1) is 13.0. The van der Waals surface area contributed by atoms with E-state index >= 15 is 0 Å². The second-order valence-electron chi connectivity index (χ2n) is 5.83. The molecular weight excluding hydrogens is 368 g/mol. The fourth-order valence-electron chi connectivity index (χ4n) is 2.44. The van der Waals surface area contributed by atoms with Crippen LogP contribution >= 0.6 is 11.6 Å². The quantitative estimate of drug-likeness (QED) is 0.645. The SMILES string of the molecule is COc1cc(CCC(=O)NCCNC(=O)c2ccc(Cl)cc2)cc(OC)c1. The Bertz CT molecular complexity index is 756. The number of hydrogen-bond acceptors (Lipinski definition) is 4. The van der Waals surface area contributed by atoms with Gasteiger partial charge in [0.1, 0.15) is 11.5 Å². The number of amides is 2. The van der Waals surface area contributed by atoms with Gasteiger partial charge < -0.3 is 20.1 Å². The monoisotopic (exact) mass is 390 g/mol. The normalized spacial score (nSPS) is 10.2. The third kappa shape index (κ3) is 6.83. The Morgan fingerprint density at radius 1 is 0.926 bits per heavy atom. The Balaban J connectivity index is 1.70. The van der Waals surface area contributed by atoms with Gasteiger partial charge in [-0.2, -0.15) is 0 Å². The molecular formula is C20H23ClN2O4. The standard InChI is InChI=1S/C20H23ClN2O4/c1-26-17-11-14(12-18(13-17)27-2)3-8-19(24)22-9-10-23-20(25)15-4-6-16(21)7-5-15/h4-7,11-13H,3,8-10H2,1-2H3,(H,22,24)(H,23,25). The van der Waals surface area contributed by atoms with E-state index in [2.05, 4.69) is 10.6 Å². The van der Waals surface area contributed by atoms with Crippen LogP contribution in [0.4, 0.5) is 0 Å². The molecule has 2 aromatic rings. The Morgan fingerprint density at radius 2 is 1.52 bits per heavy atom. The Kier molecular flexibility index (Phi) is 7.95. The summed E-state index contributed by atoms with van der Waals surface area (Å²) in [6, 6.07) is 12.2. The Labute approximate surface area is 163 Å². The molecule has 0 aliphatic carbocycles. The molecule has 0 saturated carbocycles. The molecule has 27 heavy (non-hydrogen) atoms. The molecule has 0 aliphatic rings. The van der Waals surface area contributed by atoms with Crippen molar-refractivity contribution in [2.75, 3.05) is 27.3 Å². The highest BCUT2D eigenvalue weighted by Crippen LogP contribution is 2.23. The zero-order valence-corrected chi connectivity index (χ0v) is 16.1. The molecule has 6 nitrogen and oxygen atoms in total. The molecule has 0 bridgehead atoms. The maximum absolute atomic E-state index is 12.0. The predicted molar refractivity (Wildman–Crippen MR) is 105 cm³/mol. The van der Waals surface area contributed by atoms with Gasteiger partial charge in [-0.25, -0.2) is 0 Å². The van der Waals surface area contributed by atoms with Gasteiger partial charge in [0.25, 0.3) is 5.91 Å². The highest BCUT2D eigenvalue weighted by Gasteiger charge is 2.07. The van der Waals surface area contributed by atoms with E-state index in [9.17, 15) is 9.59 Å². The summed E-state index contributed by atoms with van der Waals surface area (Å²) in [5.41, 5.74) is 1.48. The minimum atomic E-state index is -0.204. The second-order valence-corrected chi connectivity index (χ2v) is 6.27. The Hall–Kier alpha value is -2.73. The molecule has 0 fully saturated rings. The van der Waals surface area contributed by atoms with Crippen LogP contribution in [-0.2, 0) is 11.2 Å². The fourth-order valence-corrected chi connectivity index (χ4v) is 2.56. The molecule has 0 atom stereocenters. The number of nitrogens with one attached hydrogen (secondary N) is 2. The molecule has 7 heteroatoms. The number of rotatable bonds is 9. The van der Waals surface area contributed by atoms with Crippen LogP contribution < -0.4 is 20.1 Å². The Morgan fingerprint density at radius 3 is 2.11 bits per heavy atom. The highest BCUT2D eigenvalue weighted by molar-refractivity contribution is 6.30. The van der Waals surface area contributed by atoms with E-state index in [0.717, 1.165) is 5.56 Å². The van der Waals surface area contributed by atoms with Crippen LogP contribution in [0.5, 0.6) is 11.5 Å². The topological polar surface area (TPSA) is 76.7 Å². The third-order valence-corrected chi connectivity index (χ3v) is 4.14. The van der Waals surface area contributed by atoms with Crippen molar-refractivity contribution in [2.45, 2.75) is 12.8 Å². The van der Waals surface area contributed by atoms with E-state index in [1.165, 1.54) is 0 Å². The lowest BCUT2D eigenvalue weighted by Gasteiger charge is -2.09. The molecule has 2 N–H and O–H groups in total. The van der Waals surface area contributed by atoms with Crippen LogP contribution in [0.2, 0.25) is 5.02 Å². The van der Waals surface area contributed by atoms with Crippen molar-refractivity contribution >= 4 is 23.4 Å². The van der Waals surface area contributed by atoms with E-state index in [-0.39, 0.29) is 11.8 Å². The lowest BCUT2D eigenvalue weighted by Crippen LogP contribution is -2.34. The zero-order valence-electron chi connectivity index (χ0n) is 15.4. The number of halogens is 1. The van der Waals surface area contributed by atoms with Gasteiger partial charge in [-0.3, -0.25) is 9.59 Å². The number of benzene rings is 2. The average Bonchev–Trinajstić information content (AvgIpc) is 2.69. The zero-order chi connectivity index (χ0) is 19.6. The summed E-state index contributed by atoms with van der Waals surface area (Å²) in [6.07, 6.45) is 0.901. The summed E-state index contributed by atoms with van der Waals surface area (Å²) >= 11 is 5.79. The van der Waals surface area contributed by atoms with Crippen molar-refractivity contribution in [1.29, 1.82) is 0 Å². The van der Waals surface area contributed by atoms with Gasteiger partial charge in [-0.05, 0) is 48.4 Å². The molecule has 144 valence electrons. The van der Waals surface area contributed by atoms with Gasteiger partial charge in [0.05, 0.1) is 14.2 Å². The maximum atomic E-state index is 12.0. The number of aryl methyl sites for hydroxylation is 1. The number of carbonyl (C=O) groups is 2. The molecule has 2 amide bonds. The number of hydrogen-bond donors (Lipinski definition) is 2. The van der Waals surface area contributed by atoms with Crippen LogP contribution in [0.15, 0.2) is 42.5 Å². The van der Waals surface area contributed by atoms with Gasteiger partial charge in [0.15, 0.2) is 0 Å². The van der Waals surface area contributed by atoms with Crippen LogP contribution in [0.3, 0.4) is 0 Å². The van der Waals surface area contributed by atoms with Crippen molar-refractivity contribution in [3.63, 3.8) is 0 Å². The summed E-state index contributed by atoms with van der Waals surface area (Å²) in [5.74, 6) is 1.09. The van der Waals surface area contributed by atoms with E-state index in [0.29, 0.717) is 48.0 Å². The summed E-state index contributed by atoms with van der Waals surface area (Å²) < 4.78 is 10.4. The van der Waals surface area contributed by atoms with Crippen LogP contribution in [0.25, 0.3) is 0 Å². The van der Waals surface area contributed by atoms with Crippen molar-refractivity contribution in [3.05, 3.63) is 58.6 Å². The van der Waals surface area contributed by atoms with Crippen LogP contribution in [0, 0.1) is 0 Å². The molecule has 0 radical (unpaired) electrons. The molecule has 0 heterocycles. The summed E-state index contributed by atoms with van der Waals surface area (Å²) in [5, 5.41) is 6.11. The van der Waals surface area contributed by atoms with Crippen molar-refractivity contribution in [3.8, 4) is 11.5 Å². The molecule has 2 aromatic carbocycles. The molecule has 0 spiro atoms. The molecule has 0 unspecified atom stereocenters. The van der Waals surface area contributed by atoms with Crippen molar-refractivity contribution < 1.29 is 19.1 Å². The smallest absolute Gasteiger partial charge is 0.251 e. The minimum Gasteiger partial charge on any atom is -0.497 e. The first-order valence-corrected chi connectivity index (χ1v) is 8.92. The minimum absolute atomic E-state index is 0.0856. The second kappa shape index (κ2) is 10.4. The lowest BCUT2D eigenvalue weighted by atomic mass is 10.1. The van der Waals surface area contributed by atoms with Crippen LogP contribution in [-0.4, -0.2) is 39.1 Å². The van der Waals surface area contributed by atoms with Gasteiger partial charge in [0.2, 0.25) is 5.91 Å². The summed E-state index contributed by atoms with van der Waals surface area (Å²) in [7, 11) is 3.17. The lowest BCUT2D eigenvalue weighted by molar-refractivity contribution is -0.121. The average molecular weight is 391 g/mol. The first kappa shape index (κ1) is 20.6. The van der Waals surface area contributed by atoms with Crippen molar-refractivity contribution in [1.82, 2.24) is 10.6 Å². The summed E-state index contributed by atoms with van der Waals surface area (Å²) in [4.78, 5) is 23.9. The van der Waals surface area contributed by atoms with Crippen LogP contribution in [0.1, 0.15) is 22.3 Å². The molecule has 2 rings (SSSR count). The van der Waals surface area contributed by atoms with E-state index in [4.69, 9.17) is 21.1 Å². The van der Waals surface area contributed by atoms with Gasteiger partial charge in [-0.1, -0.05) is 11.6 Å².